The lowest BCUT2D eigenvalue weighted by Crippen LogP contribution is -2.62. The third-order valence-electron chi connectivity index (χ3n) is 5.69. The number of nitrogens with zero attached hydrogens (tertiary/aromatic N) is 4. The highest BCUT2D eigenvalue weighted by Crippen LogP contribution is 2.33. The molecule has 0 unspecified atom stereocenters. The largest absolute Gasteiger partial charge is 0.316 e. The Labute approximate surface area is 143 Å². The van der Waals surface area contributed by atoms with Gasteiger partial charge in [0, 0.05) is 50.0 Å². The third-order valence-corrected chi connectivity index (χ3v) is 5.69. The number of nitrogens with one attached hydrogen (secondary N) is 1. The molecule has 0 bridgehead atoms. The SMILES string of the molecule is c1cncc(-c2ccc([N+]3(C4CCNCC4)CCCCC3)nn2)c1. The quantitative estimate of drug-likeness (QED) is 0.882. The van der Waals surface area contributed by atoms with E-state index in [1.807, 2.05) is 18.3 Å². The second kappa shape index (κ2) is 6.95. The van der Waals surface area contributed by atoms with Gasteiger partial charge in [-0.3, -0.25) is 9.47 Å². The molecule has 2 aromatic rings. The van der Waals surface area contributed by atoms with Crippen LogP contribution in [0.3, 0.4) is 0 Å². The molecule has 2 aliphatic heterocycles. The maximum absolute atomic E-state index is 4.70. The normalized spacial score (nSPS) is 21.5. The van der Waals surface area contributed by atoms with E-state index in [-0.39, 0.29) is 0 Å². The van der Waals surface area contributed by atoms with Crippen molar-refractivity contribution in [3.05, 3.63) is 36.7 Å². The number of likely N-dealkylation sites (tertiary alicyclic amines) is 1. The summed E-state index contributed by atoms with van der Waals surface area (Å²) in [4.78, 5) is 4.18. The Morgan fingerprint density at radius 2 is 1.79 bits per heavy atom. The van der Waals surface area contributed by atoms with Crippen LogP contribution in [0, 0.1) is 0 Å². The fraction of sp³-hybridized carbons (Fsp3) is 0.526. The number of rotatable bonds is 3. The van der Waals surface area contributed by atoms with E-state index in [9.17, 15) is 0 Å². The minimum atomic E-state index is 0.685. The van der Waals surface area contributed by atoms with Crippen LogP contribution in [0.2, 0.25) is 0 Å². The van der Waals surface area contributed by atoms with E-state index >= 15 is 0 Å². The summed E-state index contributed by atoms with van der Waals surface area (Å²) < 4.78 is 1.04. The highest BCUT2D eigenvalue weighted by molar-refractivity contribution is 5.58. The first-order valence-corrected chi connectivity index (χ1v) is 9.21. The summed E-state index contributed by atoms with van der Waals surface area (Å²) in [7, 11) is 0. The van der Waals surface area contributed by atoms with Gasteiger partial charge in [-0.2, -0.15) is 0 Å². The standard InChI is InChI=1S/C19H26N5/c1-2-13-24(14-3-1,17-8-11-20-12-9-17)19-7-6-18(22-23-19)16-5-4-10-21-15-16/h4-7,10,15,17,20H,1-3,8-9,11-14H2/q+1. The summed E-state index contributed by atoms with van der Waals surface area (Å²) in [5.41, 5.74) is 1.94. The summed E-state index contributed by atoms with van der Waals surface area (Å²) in [5, 5.41) is 12.7. The van der Waals surface area contributed by atoms with E-state index < -0.39 is 0 Å². The van der Waals surface area contributed by atoms with Crippen LogP contribution >= 0.6 is 0 Å². The molecule has 4 heterocycles. The van der Waals surface area contributed by atoms with Crippen LogP contribution in [0.1, 0.15) is 32.1 Å². The minimum absolute atomic E-state index is 0.685. The fourth-order valence-electron chi connectivity index (χ4n) is 4.39. The molecule has 1 N–H and O–H groups in total. The van der Waals surface area contributed by atoms with Gasteiger partial charge in [-0.25, -0.2) is 0 Å². The lowest BCUT2D eigenvalue weighted by molar-refractivity contribution is 0.133. The fourth-order valence-corrected chi connectivity index (χ4v) is 4.39. The second-order valence-corrected chi connectivity index (χ2v) is 7.04. The van der Waals surface area contributed by atoms with Crippen molar-refractivity contribution in [2.24, 2.45) is 0 Å². The van der Waals surface area contributed by atoms with Crippen LogP contribution in [0.25, 0.3) is 11.3 Å². The topological polar surface area (TPSA) is 50.7 Å². The van der Waals surface area contributed by atoms with Gasteiger partial charge < -0.3 is 5.32 Å². The van der Waals surface area contributed by atoms with Gasteiger partial charge in [-0.1, -0.05) is 5.10 Å². The van der Waals surface area contributed by atoms with Crippen LogP contribution < -0.4 is 9.80 Å². The molecule has 0 radical (unpaired) electrons. The zero-order valence-corrected chi connectivity index (χ0v) is 14.2. The molecule has 24 heavy (non-hydrogen) atoms. The average molecular weight is 324 g/mol. The average Bonchev–Trinajstić information content (AvgIpc) is 2.70. The number of hydrogen-bond acceptors (Lipinski definition) is 4. The van der Waals surface area contributed by atoms with Gasteiger partial charge in [-0.15, -0.1) is 5.10 Å². The molecule has 0 aliphatic carbocycles. The monoisotopic (exact) mass is 324 g/mol. The van der Waals surface area contributed by atoms with Gasteiger partial charge in [0.15, 0.2) is 0 Å². The summed E-state index contributed by atoms with van der Waals surface area (Å²) in [6.45, 7) is 4.69. The Kier molecular flexibility index (Phi) is 4.54. The zero-order valence-electron chi connectivity index (χ0n) is 14.2. The molecule has 126 valence electrons. The smallest absolute Gasteiger partial charge is 0.247 e. The number of aromatic nitrogens is 3. The molecule has 2 aromatic heterocycles. The van der Waals surface area contributed by atoms with Gasteiger partial charge in [0.05, 0.1) is 24.8 Å². The highest BCUT2D eigenvalue weighted by atomic mass is 15.4. The molecule has 0 aromatic carbocycles. The molecule has 4 rings (SSSR count). The van der Waals surface area contributed by atoms with Crippen molar-refractivity contribution in [2.45, 2.75) is 38.1 Å². The van der Waals surface area contributed by atoms with E-state index in [0.717, 1.165) is 34.6 Å². The Hall–Kier alpha value is -1.85. The van der Waals surface area contributed by atoms with Crippen LogP contribution in [-0.2, 0) is 0 Å². The van der Waals surface area contributed by atoms with Crippen molar-refractivity contribution in [1.82, 2.24) is 25.0 Å². The minimum Gasteiger partial charge on any atom is -0.316 e. The van der Waals surface area contributed by atoms with Gasteiger partial charge >= 0.3 is 0 Å². The van der Waals surface area contributed by atoms with Crippen molar-refractivity contribution in [3.63, 3.8) is 0 Å². The predicted octanol–water partition coefficient (Wildman–Crippen LogP) is 2.78. The van der Waals surface area contributed by atoms with Crippen LogP contribution in [-0.4, -0.2) is 47.4 Å². The van der Waals surface area contributed by atoms with Gasteiger partial charge in [0.2, 0.25) is 5.82 Å². The molecular formula is C19H26N5+. The molecule has 0 amide bonds. The maximum atomic E-state index is 4.70. The van der Waals surface area contributed by atoms with Crippen LogP contribution in [0.15, 0.2) is 36.7 Å². The summed E-state index contributed by atoms with van der Waals surface area (Å²) in [5.74, 6) is 1.16. The molecule has 5 heteroatoms. The van der Waals surface area contributed by atoms with E-state index in [0.29, 0.717) is 6.04 Å². The van der Waals surface area contributed by atoms with Crippen molar-refractivity contribution < 1.29 is 0 Å². The molecule has 2 fully saturated rings. The zero-order chi connectivity index (χ0) is 16.2. The third kappa shape index (κ3) is 2.94. The summed E-state index contributed by atoms with van der Waals surface area (Å²) in [6, 6.07) is 9.00. The molecule has 0 spiro atoms. The Morgan fingerprint density at radius 3 is 2.46 bits per heavy atom. The molecular weight excluding hydrogens is 298 g/mol. The predicted molar refractivity (Wildman–Crippen MR) is 96.5 cm³/mol. The Bertz CT molecular complexity index is 643. The van der Waals surface area contributed by atoms with E-state index in [1.54, 1.807) is 6.20 Å². The number of hydrogen-bond donors (Lipinski definition) is 1. The number of pyridine rings is 1. The first kappa shape index (κ1) is 15.7. The number of piperidine rings is 2. The van der Waals surface area contributed by atoms with Crippen molar-refractivity contribution in [3.8, 4) is 11.3 Å². The lowest BCUT2D eigenvalue weighted by Gasteiger charge is -2.47. The van der Waals surface area contributed by atoms with Crippen molar-refractivity contribution >= 4 is 5.82 Å². The van der Waals surface area contributed by atoms with Crippen LogP contribution in [0.4, 0.5) is 5.82 Å². The molecule has 0 saturated carbocycles. The lowest BCUT2D eigenvalue weighted by atomic mass is 9.96. The summed E-state index contributed by atoms with van der Waals surface area (Å²) >= 11 is 0. The first-order valence-electron chi connectivity index (χ1n) is 9.21. The Morgan fingerprint density at radius 1 is 0.958 bits per heavy atom. The van der Waals surface area contributed by atoms with Gasteiger partial charge in [-0.05, 0) is 37.5 Å². The van der Waals surface area contributed by atoms with E-state index in [2.05, 4.69) is 27.5 Å². The van der Waals surface area contributed by atoms with Crippen molar-refractivity contribution in [1.29, 1.82) is 0 Å². The number of quaternary nitrogens is 1. The molecule has 5 nitrogen and oxygen atoms in total. The summed E-state index contributed by atoms with van der Waals surface area (Å²) in [6.07, 6.45) is 10.1. The van der Waals surface area contributed by atoms with Crippen molar-refractivity contribution in [2.75, 3.05) is 26.2 Å². The van der Waals surface area contributed by atoms with Gasteiger partial charge in [0.25, 0.3) is 0 Å². The highest BCUT2D eigenvalue weighted by Gasteiger charge is 2.42. The molecule has 2 saturated heterocycles. The van der Waals surface area contributed by atoms with E-state index in [1.165, 1.54) is 45.2 Å². The van der Waals surface area contributed by atoms with Crippen LogP contribution in [0.5, 0.6) is 0 Å². The Balaban J connectivity index is 1.65. The van der Waals surface area contributed by atoms with Gasteiger partial charge in [0.1, 0.15) is 0 Å². The molecule has 0 atom stereocenters. The maximum Gasteiger partial charge on any atom is 0.247 e. The second-order valence-electron chi connectivity index (χ2n) is 7.04. The molecule has 2 aliphatic rings. The van der Waals surface area contributed by atoms with E-state index in [4.69, 9.17) is 5.10 Å². The first-order chi connectivity index (χ1) is 11.9.